The van der Waals surface area contributed by atoms with Gasteiger partial charge in [0.15, 0.2) is 0 Å². The molecule has 0 radical (unpaired) electrons. The smallest absolute Gasteiger partial charge is 0.305 e. The van der Waals surface area contributed by atoms with Crippen LogP contribution in [0.5, 0.6) is 11.5 Å². The maximum Gasteiger partial charge on any atom is 0.305 e. The Morgan fingerprint density at radius 3 is 1.62 bits per heavy atom. The van der Waals surface area contributed by atoms with Crippen LogP contribution in [0.1, 0.15) is 18.6 Å². The predicted molar refractivity (Wildman–Crippen MR) is 117 cm³/mol. The Hall–Kier alpha value is -2.47. The fraction of sp³-hybridized carbons (Fsp3) is 0.182. The van der Waals surface area contributed by atoms with Gasteiger partial charge in [-0.3, -0.25) is 0 Å². The topological polar surface area (TPSA) is 114 Å². The van der Waals surface area contributed by atoms with Crippen LogP contribution in [-0.2, 0) is 0 Å². The standard InChI is InChI=1S/C22H24NO3P.2H2O/c1-18(22(24)19-11-5-2-6-12-19)23-17-27(25-20-13-7-3-8-14-20)26-21-15-9-4-10-16-21;;/h2-16,18,22-24H,17H2,1H3;2*1H2. The number of benzene rings is 3. The highest BCUT2D eigenvalue weighted by atomic mass is 31.2. The Bertz CT molecular complexity index is 751. The van der Waals surface area contributed by atoms with Gasteiger partial charge >= 0.3 is 8.38 Å². The predicted octanol–water partition coefficient (Wildman–Crippen LogP) is 3.48. The minimum atomic E-state index is -1.26. The molecule has 29 heavy (non-hydrogen) atoms. The van der Waals surface area contributed by atoms with Gasteiger partial charge in [0.05, 0.1) is 12.4 Å². The minimum Gasteiger partial charge on any atom is -0.438 e. The Morgan fingerprint density at radius 1 is 0.759 bits per heavy atom. The highest BCUT2D eigenvalue weighted by Gasteiger charge is 2.20. The molecule has 0 heterocycles. The van der Waals surface area contributed by atoms with Gasteiger partial charge in [-0.25, -0.2) is 0 Å². The molecule has 156 valence electrons. The number of aliphatic hydroxyl groups excluding tert-OH is 1. The second kappa shape index (κ2) is 12.9. The van der Waals surface area contributed by atoms with Gasteiger partial charge in [0.2, 0.25) is 0 Å². The van der Waals surface area contributed by atoms with Crippen LogP contribution >= 0.6 is 8.38 Å². The molecular formula is C22H28NO5P. The van der Waals surface area contributed by atoms with Crippen LogP contribution in [0, 0.1) is 0 Å². The summed E-state index contributed by atoms with van der Waals surface area (Å²) in [6.07, 6.45) is -0.110. The molecule has 0 amide bonds. The molecule has 0 bridgehead atoms. The Labute approximate surface area is 172 Å². The Balaban J connectivity index is 0.00000210. The fourth-order valence-corrected chi connectivity index (χ4v) is 3.87. The minimum absolute atomic E-state index is 0. The molecule has 0 aliphatic carbocycles. The molecule has 0 aliphatic rings. The van der Waals surface area contributed by atoms with Crippen molar-refractivity contribution in [1.82, 2.24) is 5.32 Å². The van der Waals surface area contributed by atoms with Gasteiger partial charge in [-0.2, -0.15) is 0 Å². The molecule has 3 rings (SSSR count). The summed E-state index contributed by atoms with van der Waals surface area (Å²) in [5.41, 5.74) is 0.884. The summed E-state index contributed by atoms with van der Waals surface area (Å²) in [6, 6.07) is 28.8. The number of para-hydroxylation sites is 2. The molecule has 6 nitrogen and oxygen atoms in total. The van der Waals surface area contributed by atoms with Crippen LogP contribution in [0.2, 0.25) is 0 Å². The van der Waals surface area contributed by atoms with E-state index in [0.29, 0.717) is 6.29 Å². The van der Waals surface area contributed by atoms with Gasteiger partial charge in [0.25, 0.3) is 0 Å². The molecule has 0 aromatic heterocycles. The van der Waals surface area contributed by atoms with E-state index in [1.165, 1.54) is 0 Å². The van der Waals surface area contributed by atoms with E-state index in [2.05, 4.69) is 5.32 Å². The number of hydrogen-bond donors (Lipinski definition) is 2. The summed E-state index contributed by atoms with van der Waals surface area (Å²) in [5.74, 6) is 1.52. The molecule has 0 aliphatic heterocycles. The van der Waals surface area contributed by atoms with E-state index in [1.807, 2.05) is 97.9 Å². The highest BCUT2D eigenvalue weighted by molar-refractivity contribution is 7.48. The van der Waals surface area contributed by atoms with Crippen molar-refractivity contribution in [1.29, 1.82) is 0 Å². The molecule has 2 unspecified atom stereocenters. The molecule has 6 N–H and O–H groups in total. The molecule has 7 heteroatoms. The first-order chi connectivity index (χ1) is 13.2. The SMILES string of the molecule is CC(NCP(Oc1ccccc1)Oc1ccccc1)C(O)c1ccccc1.O.O. The lowest BCUT2D eigenvalue weighted by molar-refractivity contribution is 0.138. The Morgan fingerprint density at radius 2 is 1.17 bits per heavy atom. The van der Waals surface area contributed by atoms with Crippen molar-refractivity contribution in [2.24, 2.45) is 0 Å². The summed E-state index contributed by atoms with van der Waals surface area (Å²) in [5, 5.41) is 13.9. The summed E-state index contributed by atoms with van der Waals surface area (Å²) >= 11 is 0. The molecule has 0 saturated carbocycles. The molecule has 0 spiro atoms. The Kier molecular flexibility index (Phi) is 10.9. The van der Waals surface area contributed by atoms with E-state index in [9.17, 15) is 5.11 Å². The summed E-state index contributed by atoms with van der Waals surface area (Å²) in [6.45, 7) is 1.95. The van der Waals surface area contributed by atoms with Crippen LogP contribution in [0.3, 0.4) is 0 Å². The van der Waals surface area contributed by atoms with Crippen molar-refractivity contribution in [2.75, 3.05) is 6.29 Å². The van der Waals surface area contributed by atoms with Crippen LogP contribution in [0.15, 0.2) is 91.0 Å². The quantitative estimate of drug-likeness (QED) is 0.519. The van der Waals surface area contributed by atoms with Gasteiger partial charge in [-0.05, 0) is 36.8 Å². The van der Waals surface area contributed by atoms with Crippen molar-refractivity contribution in [3.8, 4) is 11.5 Å². The van der Waals surface area contributed by atoms with E-state index in [0.717, 1.165) is 17.1 Å². The monoisotopic (exact) mass is 417 g/mol. The molecular weight excluding hydrogens is 389 g/mol. The van der Waals surface area contributed by atoms with E-state index >= 15 is 0 Å². The van der Waals surface area contributed by atoms with Crippen molar-refractivity contribution in [3.63, 3.8) is 0 Å². The van der Waals surface area contributed by atoms with Crippen molar-refractivity contribution >= 4 is 8.38 Å². The van der Waals surface area contributed by atoms with Gasteiger partial charge < -0.3 is 30.4 Å². The van der Waals surface area contributed by atoms with Gasteiger partial charge in [0.1, 0.15) is 11.5 Å². The summed E-state index contributed by atoms with van der Waals surface area (Å²) in [4.78, 5) is 0. The number of hydrogen-bond acceptors (Lipinski definition) is 4. The second-order valence-corrected chi connectivity index (χ2v) is 7.49. The van der Waals surface area contributed by atoms with Crippen molar-refractivity contribution < 1.29 is 25.1 Å². The van der Waals surface area contributed by atoms with Gasteiger partial charge in [-0.15, -0.1) is 0 Å². The maximum absolute atomic E-state index is 10.5. The first-order valence-electron chi connectivity index (χ1n) is 8.92. The lowest BCUT2D eigenvalue weighted by Gasteiger charge is -2.24. The molecule has 3 aromatic carbocycles. The normalized spacial score (nSPS) is 12.2. The van der Waals surface area contributed by atoms with Gasteiger partial charge in [0, 0.05) is 6.04 Å². The third-order valence-electron chi connectivity index (χ3n) is 4.06. The highest BCUT2D eigenvalue weighted by Crippen LogP contribution is 2.39. The molecule has 0 saturated heterocycles. The van der Waals surface area contributed by atoms with Crippen molar-refractivity contribution in [3.05, 3.63) is 96.6 Å². The first-order valence-corrected chi connectivity index (χ1v) is 10.3. The third kappa shape index (κ3) is 7.81. The van der Waals surface area contributed by atoms with E-state index < -0.39 is 14.5 Å². The summed E-state index contributed by atoms with van der Waals surface area (Å²) < 4.78 is 12.1. The van der Waals surface area contributed by atoms with Crippen LogP contribution in [0.25, 0.3) is 0 Å². The van der Waals surface area contributed by atoms with Crippen LogP contribution in [0.4, 0.5) is 0 Å². The van der Waals surface area contributed by atoms with Crippen molar-refractivity contribution in [2.45, 2.75) is 19.1 Å². The zero-order valence-electron chi connectivity index (χ0n) is 16.2. The van der Waals surface area contributed by atoms with E-state index in [1.54, 1.807) is 0 Å². The average molecular weight is 417 g/mol. The largest absolute Gasteiger partial charge is 0.438 e. The zero-order chi connectivity index (χ0) is 18.9. The van der Waals surface area contributed by atoms with E-state index in [-0.39, 0.29) is 17.0 Å². The van der Waals surface area contributed by atoms with Gasteiger partial charge in [-0.1, -0.05) is 66.7 Å². The lowest BCUT2D eigenvalue weighted by atomic mass is 10.0. The third-order valence-corrected chi connectivity index (χ3v) is 5.33. The number of rotatable bonds is 9. The number of aliphatic hydroxyl groups is 1. The summed E-state index contributed by atoms with van der Waals surface area (Å²) in [7, 11) is -1.26. The lowest BCUT2D eigenvalue weighted by Crippen LogP contribution is -2.33. The first kappa shape index (κ1) is 24.6. The molecule has 3 aromatic rings. The zero-order valence-corrected chi connectivity index (χ0v) is 17.1. The maximum atomic E-state index is 10.5. The van der Waals surface area contributed by atoms with Crippen LogP contribution in [-0.4, -0.2) is 28.4 Å². The fourth-order valence-electron chi connectivity index (χ4n) is 2.55. The average Bonchev–Trinajstić information content (AvgIpc) is 2.73. The second-order valence-electron chi connectivity index (χ2n) is 6.15. The molecule has 0 fully saturated rings. The molecule has 2 atom stereocenters. The van der Waals surface area contributed by atoms with E-state index in [4.69, 9.17) is 9.05 Å². The van der Waals surface area contributed by atoms with Crippen LogP contribution < -0.4 is 14.4 Å². The number of nitrogens with one attached hydrogen (secondary N) is 1.